The molecule has 0 bridgehead atoms. The van der Waals surface area contributed by atoms with E-state index in [0.29, 0.717) is 12.0 Å². The molecule has 1 aromatic rings. The maximum atomic E-state index is 6.22. The van der Waals surface area contributed by atoms with Crippen molar-refractivity contribution in [2.24, 2.45) is 17.6 Å². The monoisotopic (exact) mass is 307 g/mol. The molecule has 0 radical (unpaired) electrons. The van der Waals surface area contributed by atoms with Gasteiger partial charge in [0.05, 0.1) is 12.7 Å². The highest BCUT2D eigenvalue weighted by Gasteiger charge is 2.38. The van der Waals surface area contributed by atoms with E-state index in [0.717, 1.165) is 28.4 Å². The highest BCUT2D eigenvalue weighted by Crippen LogP contribution is 2.36. The highest BCUT2D eigenvalue weighted by atomic mass is 35.5. The summed E-state index contributed by atoms with van der Waals surface area (Å²) in [6.45, 7) is 3.27. The largest absolute Gasteiger partial charge is 0.327 e. The van der Waals surface area contributed by atoms with Gasteiger partial charge in [-0.1, -0.05) is 18.0 Å². The fourth-order valence-electron chi connectivity index (χ4n) is 3.29. The zero-order chi connectivity index (χ0) is 11.8. The number of halogens is 2. The lowest BCUT2D eigenvalue weighted by Crippen LogP contribution is -2.38. The second-order valence-electron chi connectivity index (χ2n) is 5.27. The van der Waals surface area contributed by atoms with E-state index in [1.165, 1.54) is 25.8 Å². The number of rotatable bonds is 2. The zero-order valence-electron chi connectivity index (χ0n) is 10.2. The van der Waals surface area contributed by atoms with Crippen LogP contribution in [0.4, 0.5) is 0 Å². The predicted octanol–water partition coefficient (Wildman–Crippen LogP) is 2.78. The molecule has 3 nitrogen and oxygen atoms in total. The Morgan fingerprint density at radius 2 is 2.28 bits per heavy atom. The van der Waals surface area contributed by atoms with Crippen molar-refractivity contribution in [2.75, 3.05) is 13.1 Å². The molecule has 0 aromatic carbocycles. The Balaban J connectivity index is 0.00000120. The minimum absolute atomic E-state index is 0. The van der Waals surface area contributed by atoms with E-state index in [9.17, 15) is 0 Å². The molecule has 1 saturated heterocycles. The van der Waals surface area contributed by atoms with Gasteiger partial charge in [-0.2, -0.15) is 0 Å². The van der Waals surface area contributed by atoms with Gasteiger partial charge in [0.2, 0.25) is 0 Å². The van der Waals surface area contributed by atoms with Gasteiger partial charge in [-0.3, -0.25) is 4.90 Å². The molecule has 3 rings (SSSR count). The van der Waals surface area contributed by atoms with Crippen molar-refractivity contribution in [3.05, 3.63) is 15.5 Å². The van der Waals surface area contributed by atoms with Crippen molar-refractivity contribution in [3.8, 4) is 0 Å². The Kier molecular flexibility index (Phi) is 4.89. The molecule has 3 atom stereocenters. The van der Waals surface area contributed by atoms with Crippen LogP contribution in [0.3, 0.4) is 0 Å². The minimum atomic E-state index is 0. The average Bonchev–Trinajstić information content (AvgIpc) is 2.86. The summed E-state index contributed by atoms with van der Waals surface area (Å²) in [5.41, 5.74) is 6.22. The third-order valence-corrected chi connectivity index (χ3v) is 5.21. The lowest BCUT2D eigenvalue weighted by molar-refractivity contribution is 0.259. The van der Waals surface area contributed by atoms with Crippen LogP contribution in [0.1, 0.15) is 24.3 Å². The smallest absolute Gasteiger partial charge is 0.113 e. The van der Waals surface area contributed by atoms with Gasteiger partial charge in [0.1, 0.15) is 9.34 Å². The quantitative estimate of drug-likeness (QED) is 0.913. The zero-order valence-corrected chi connectivity index (χ0v) is 12.6. The van der Waals surface area contributed by atoms with E-state index in [4.69, 9.17) is 17.3 Å². The van der Waals surface area contributed by atoms with Crippen molar-refractivity contribution in [1.29, 1.82) is 0 Å². The average molecular weight is 308 g/mol. The molecule has 1 aliphatic heterocycles. The summed E-state index contributed by atoms with van der Waals surface area (Å²) in [5, 5.41) is 1.13. The molecule has 2 aliphatic rings. The summed E-state index contributed by atoms with van der Waals surface area (Å²) in [6, 6.07) is 0.415. The molecule has 2 fully saturated rings. The Morgan fingerprint density at radius 1 is 1.44 bits per heavy atom. The van der Waals surface area contributed by atoms with Gasteiger partial charge in [0.25, 0.3) is 0 Å². The fraction of sp³-hybridized carbons (Fsp3) is 0.750. The van der Waals surface area contributed by atoms with Crippen LogP contribution in [-0.2, 0) is 6.54 Å². The lowest BCUT2D eigenvalue weighted by atomic mass is 9.78. The van der Waals surface area contributed by atoms with Crippen LogP contribution in [-0.4, -0.2) is 29.0 Å². The molecule has 102 valence electrons. The van der Waals surface area contributed by atoms with Gasteiger partial charge in [-0.25, -0.2) is 4.98 Å². The van der Waals surface area contributed by atoms with E-state index in [2.05, 4.69) is 9.88 Å². The second kappa shape index (κ2) is 6.06. The number of hydrogen-bond acceptors (Lipinski definition) is 4. The Morgan fingerprint density at radius 3 is 2.94 bits per heavy atom. The fourth-order valence-corrected chi connectivity index (χ4v) is 4.29. The highest BCUT2D eigenvalue weighted by molar-refractivity contribution is 7.15. The summed E-state index contributed by atoms with van der Waals surface area (Å²) >= 11 is 7.50. The van der Waals surface area contributed by atoms with Crippen LogP contribution >= 0.6 is 35.3 Å². The molecule has 3 unspecified atom stereocenters. The number of hydrogen-bond donors (Lipinski definition) is 1. The first-order valence-electron chi connectivity index (χ1n) is 6.30. The standard InChI is InChI=1S/C12H18ClN3S.ClH/c13-11-4-15-12(17-11)7-16-5-8-2-1-3-10(14)9(8)6-16;/h4,8-10H,1-3,5-7,14H2;1H. The summed E-state index contributed by atoms with van der Waals surface area (Å²) in [4.78, 5) is 6.83. The van der Waals surface area contributed by atoms with Gasteiger partial charge in [0.15, 0.2) is 0 Å². The summed E-state index contributed by atoms with van der Waals surface area (Å²) in [6.07, 6.45) is 5.61. The summed E-state index contributed by atoms with van der Waals surface area (Å²) in [5.74, 6) is 1.52. The van der Waals surface area contributed by atoms with Crippen molar-refractivity contribution < 1.29 is 0 Å². The van der Waals surface area contributed by atoms with Crippen LogP contribution in [0.2, 0.25) is 4.34 Å². The van der Waals surface area contributed by atoms with Crippen LogP contribution in [0.25, 0.3) is 0 Å². The third-order valence-electron chi connectivity index (χ3n) is 4.11. The van der Waals surface area contributed by atoms with Gasteiger partial charge < -0.3 is 5.73 Å². The first-order valence-corrected chi connectivity index (χ1v) is 7.50. The number of likely N-dealkylation sites (tertiary alicyclic amines) is 1. The predicted molar refractivity (Wildman–Crippen MR) is 78.5 cm³/mol. The molecule has 2 N–H and O–H groups in total. The minimum Gasteiger partial charge on any atom is -0.327 e. The van der Waals surface area contributed by atoms with Crippen molar-refractivity contribution >= 4 is 35.3 Å². The molecule has 0 amide bonds. The number of fused-ring (bicyclic) bond motifs is 1. The van der Waals surface area contributed by atoms with Crippen molar-refractivity contribution in [3.63, 3.8) is 0 Å². The van der Waals surface area contributed by atoms with Crippen LogP contribution in [0.15, 0.2) is 6.20 Å². The molecule has 18 heavy (non-hydrogen) atoms. The number of aromatic nitrogens is 1. The first-order chi connectivity index (χ1) is 8.22. The first kappa shape index (κ1) is 14.5. The Bertz CT molecular complexity index is 398. The molecule has 0 spiro atoms. The maximum absolute atomic E-state index is 6.22. The van der Waals surface area contributed by atoms with Gasteiger partial charge in [-0.15, -0.1) is 23.7 Å². The molecule has 1 saturated carbocycles. The summed E-state index contributed by atoms with van der Waals surface area (Å²) in [7, 11) is 0. The van der Waals surface area contributed by atoms with E-state index < -0.39 is 0 Å². The molecule has 1 aliphatic carbocycles. The van der Waals surface area contributed by atoms with Crippen molar-refractivity contribution in [2.45, 2.75) is 31.8 Å². The van der Waals surface area contributed by atoms with E-state index in [1.807, 2.05) is 0 Å². The van der Waals surface area contributed by atoms with Crippen LogP contribution in [0.5, 0.6) is 0 Å². The van der Waals surface area contributed by atoms with Crippen molar-refractivity contribution in [1.82, 2.24) is 9.88 Å². The van der Waals surface area contributed by atoms with Gasteiger partial charge >= 0.3 is 0 Å². The molecule has 1 aromatic heterocycles. The van der Waals surface area contributed by atoms with Crippen LogP contribution < -0.4 is 5.73 Å². The third kappa shape index (κ3) is 2.99. The molecule has 2 heterocycles. The van der Waals surface area contributed by atoms with E-state index in [-0.39, 0.29) is 12.4 Å². The normalized spacial score (nSPS) is 32.0. The number of nitrogens with two attached hydrogens (primary N) is 1. The lowest BCUT2D eigenvalue weighted by Gasteiger charge is -2.29. The molecular formula is C12H19Cl2N3S. The number of nitrogens with zero attached hydrogens (tertiary/aromatic N) is 2. The summed E-state index contributed by atoms with van der Waals surface area (Å²) < 4.78 is 0.785. The second-order valence-corrected chi connectivity index (χ2v) is 7.02. The molecular weight excluding hydrogens is 289 g/mol. The Labute approximate surface area is 123 Å². The number of thiazole rings is 1. The molecule has 6 heteroatoms. The van der Waals surface area contributed by atoms with Gasteiger partial charge in [0, 0.05) is 19.1 Å². The van der Waals surface area contributed by atoms with Crippen LogP contribution in [0, 0.1) is 11.8 Å². The topological polar surface area (TPSA) is 42.1 Å². The Hall–Kier alpha value is 0.130. The van der Waals surface area contributed by atoms with E-state index >= 15 is 0 Å². The van der Waals surface area contributed by atoms with Gasteiger partial charge in [-0.05, 0) is 24.7 Å². The maximum Gasteiger partial charge on any atom is 0.113 e. The van der Waals surface area contributed by atoms with E-state index in [1.54, 1.807) is 17.5 Å². The SMILES string of the molecule is Cl.NC1CCCC2CN(Cc3ncc(Cl)s3)CC12.